The number of ether oxygens (including phenoxy) is 1. The Labute approximate surface area is 132 Å². The lowest BCUT2D eigenvalue weighted by Gasteiger charge is -2.20. The number of nitrogens with zero attached hydrogens (tertiary/aromatic N) is 1. The number of imide groups is 1. The Morgan fingerprint density at radius 1 is 1.24 bits per heavy atom. The molecule has 2 atom stereocenters. The molecule has 7 heteroatoms. The first-order valence-electron chi connectivity index (χ1n) is 6.72. The van der Waals surface area contributed by atoms with Gasteiger partial charge in [-0.25, -0.2) is 0 Å². The first-order chi connectivity index (χ1) is 10.0. The minimum atomic E-state index is -0.361. The number of benzene rings is 1. The number of carbonyl (C=O) groups excluding carboxylic acids is 2. The van der Waals surface area contributed by atoms with Crippen LogP contribution in [0.5, 0.6) is 5.75 Å². The molecule has 1 aromatic rings. The molecule has 2 aliphatic rings. The first-order valence-corrected chi connectivity index (χ1v) is 7.48. The minimum absolute atomic E-state index is 0.0225. The van der Waals surface area contributed by atoms with E-state index >= 15 is 0 Å². The van der Waals surface area contributed by atoms with Crippen LogP contribution in [0.1, 0.15) is 12.8 Å². The molecule has 0 spiro atoms. The fourth-order valence-electron chi connectivity index (χ4n) is 2.71. The third-order valence-electron chi connectivity index (χ3n) is 3.76. The van der Waals surface area contributed by atoms with Gasteiger partial charge in [-0.15, -0.1) is 0 Å². The molecule has 2 fully saturated rings. The van der Waals surface area contributed by atoms with E-state index in [9.17, 15) is 9.59 Å². The molecule has 112 valence electrons. The van der Waals surface area contributed by atoms with E-state index in [0.717, 1.165) is 13.0 Å². The van der Waals surface area contributed by atoms with Crippen LogP contribution in [0.4, 0.5) is 0 Å². The summed E-state index contributed by atoms with van der Waals surface area (Å²) >= 11 is 11.8. The monoisotopic (exact) mass is 328 g/mol. The van der Waals surface area contributed by atoms with E-state index in [2.05, 4.69) is 5.32 Å². The summed E-state index contributed by atoms with van der Waals surface area (Å²) in [5.74, 6) is 0.234. The van der Waals surface area contributed by atoms with Crippen molar-refractivity contribution >= 4 is 35.0 Å². The van der Waals surface area contributed by atoms with Crippen molar-refractivity contribution in [3.8, 4) is 5.75 Å². The van der Waals surface area contributed by atoms with Gasteiger partial charge < -0.3 is 4.74 Å². The molecule has 2 amide bonds. The van der Waals surface area contributed by atoms with E-state index in [1.54, 1.807) is 18.2 Å². The molecule has 0 aliphatic carbocycles. The minimum Gasteiger partial charge on any atom is -0.489 e. The molecule has 3 rings (SSSR count). The molecule has 1 N–H and O–H groups in total. The van der Waals surface area contributed by atoms with Crippen molar-refractivity contribution in [3.05, 3.63) is 28.2 Å². The maximum Gasteiger partial charge on any atom is 0.244 e. The molecule has 2 unspecified atom stereocenters. The highest BCUT2D eigenvalue weighted by atomic mass is 35.5. The van der Waals surface area contributed by atoms with Gasteiger partial charge in [-0.2, -0.15) is 0 Å². The van der Waals surface area contributed by atoms with Gasteiger partial charge in [0.15, 0.2) is 0 Å². The van der Waals surface area contributed by atoms with Crippen LogP contribution in [-0.4, -0.2) is 41.9 Å². The molecule has 2 saturated heterocycles. The van der Waals surface area contributed by atoms with E-state index in [1.807, 2.05) is 4.90 Å². The smallest absolute Gasteiger partial charge is 0.244 e. The topological polar surface area (TPSA) is 58.6 Å². The highest BCUT2D eigenvalue weighted by Gasteiger charge is 2.39. The number of amides is 2. The van der Waals surface area contributed by atoms with Crippen LogP contribution in [0, 0.1) is 0 Å². The molecule has 21 heavy (non-hydrogen) atoms. The predicted molar refractivity (Wildman–Crippen MR) is 78.6 cm³/mol. The number of carbonyl (C=O) groups is 2. The van der Waals surface area contributed by atoms with Crippen LogP contribution in [0.15, 0.2) is 18.2 Å². The Morgan fingerprint density at radius 3 is 2.71 bits per heavy atom. The second-order valence-corrected chi connectivity index (χ2v) is 6.05. The van der Waals surface area contributed by atoms with Crippen LogP contribution in [0.3, 0.4) is 0 Å². The summed E-state index contributed by atoms with van der Waals surface area (Å²) in [5.41, 5.74) is 0. The molecule has 0 bridgehead atoms. The summed E-state index contributed by atoms with van der Waals surface area (Å²) in [6, 6.07) is 4.77. The summed E-state index contributed by atoms with van der Waals surface area (Å²) in [6.07, 6.45) is 1.02. The predicted octanol–water partition coefficient (Wildman–Crippen LogP) is 1.86. The van der Waals surface area contributed by atoms with Gasteiger partial charge in [0, 0.05) is 19.2 Å². The lowest BCUT2D eigenvalue weighted by molar-refractivity contribution is -0.126. The molecule has 0 aromatic heterocycles. The number of halogens is 2. The maximum absolute atomic E-state index is 11.7. The van der Waals surface area contributed by atoms with Crippen molar-refractivity contribution < 1.29 is 14.3 Å². The van der Waals surface area contributed by atoms with Crippen molar-refractivity contribution in [2.45, 2.75) is 25.0 Å². The van der Waals surface area contributed by atoms with Gasteiger partial charge in [0.1, 0.15) is 11.9 Å². The van der Waals surface area contributed by atoms with Gasteiger partial charge in [-0.1, -0.05) is 23.2 Å². The zero-order valence-electron chi connectivity index (χ0n) is 11.1. The van der Waals surface area contributed by atoms with Crippen LogP contribution in [-0.2, 0) is 9.59 Å². The first kappa shape index (κ1) is 14.6. The SMILES string of the molecule is O=C1CC(N2CCC(Oc3ccc(Cl)c(Cl)c3)C2)C(=O)N1. The second kappa shape index (κ2) is 5.83. The molecule has 2 aliphatic heterocycles. The fraction of sp³-hybridized carbons (Fsp3) is 0.429. The van der Waals surface area contributed by atoms with E-state index < -0.39 is 0 Å². The Hall–Kier alpha value is -1.30. The Balaban J connectivity index is 1.61. The molecule has 0 saturated carbocycles. The van der Waals surface area contributed by atoms with Crippen LogP contribution < -0.4 is 10.1 Å². The number of rotatable bonds is 3. The van der Waals surface area contributed by atoms with Gasteiger partial charge >= 0.3 is 0 Å². The van der Waals surface area contributed by atoms with Crippen LogP contribution in [0.25, 0.3) is 0 Å². The highest BCUT2D eigenvalue weighted by molar-refractivity contribution is 6.42. The lowest BCUT2D eigenvalue weighted by atomic mass is 10.2. The van der Waals surface area contributed by atoms with Crippen molar-refractivity contribution in [3.63, 3.8) is 0 Å². The van der Waals surface area contributed by atoms with Gasteiger partial charge in [-0.3, -0.25) is 19.8 Å². The van der Waals surface area contributed by atoms with Gasteiger partial charge in [0.2, 0.25) is 11.8 Å². The largest absolute Gasteiger partial charge is 0.489 e. The maximum atomic E-state index is 11.7. The van der Waals surface area contributed by atoms with Gasteiger partial charge in [-0.05, 0) is 18.6 Å². The zero-order chi connectivity index (χ0) is 15.0. The number of hydrogen-bond acceptors (Lipinski definition) is 4. The van der Waals surface area contributed by atoms with Crippen molar-refractivity contribution in [1.29, 1.82) is 0 Å². The highest BCUT2D eigenvalue weighted by Crippen LogP contribution is 2.28. The molecular formula is C14H14Cl2N2O3. The second-order valence-electron chi connectivity index (χ2n) is 5.23. The zero-order valence-corrected chi connectivity index (χ0v) is 12.7. The summed E-state index contributed by atoms with van der Waals surface area (Å²) < 4.78 is 5.86. The normalized spacial score (nSPS) is 26.2. The Kier molecular flexibility index (Phi) is 4.06. The Bertz CT molecular complexity index is 594. The Morgan fingerprint density at radius 2 is 2.05 bits per heavy atom. The summed E-state index contributed by atoms with van der Waals surface area (Å²) in [6.45, 7) is 1.35. The summed E-state index contributed by atoms with van der Waals surface area (Å²) in [4.78, 5) is 24.9. The molecule has 0 radical (unpaired) electrons. The van der Waals surface area contributed by atoms with E-state index in [0.29, 0.717) is 22.3 Å². The third kappa shape index (κ3) is 3.15. The van der Waals surface area contributed by atoms with Gasteiger partial charge in [0.05, 0.1) is 22.5 Å². The third-order valence-corrected chi connectivity index (χ3v) is 4.49. The summed E-state index contributed by atoms with van der Waals surface area (Å²) in [5, 5.41) is 3.26. The number of hydrogen-bond donors (Lipinski definition) is 1. The van der Waals surface area contributed by atoms with E-state index in [-0.39, 0.29) is 30.4 Å². The quantitative estimate of drug-likeness (QED) is 0.860. The number of likely N-dealkylation sites (tertiary alicyclic amines) is 1. The van der Waals surface area contributed by atoms with E-state index in [4.69, 9.17) is 27.9 Å². The average molecular weight is 329 g/mol. The van der Waals surface area contributed by atoms with E-state index in [1.165, 1.54) is 0 Å². The standard InChI is InChI=1S/C14H14Cl2N2O3/c15-10-2-1-8(5-11(10)16)21-9-3-4-18(7-9)12-6-13(19)17-14(12)20/h1-2,5,9,12H,3-4,6-7H2,(H,17,19,20). The van der Waals surface area contributed by atoms with Gasteiger partial charge in [0.25, 0.3) is 0 Å². The van der Waals surface area contributed by atoms with Crippen molar-refractivity contribution in [2.24, 2.45) is 0 Å². The summed E-state index contributed by atoms with van der Waals surface area (Å²) in [7, 11) is 0. The lowest BCUT2D eigenvalue weighted by Crippen LogP contribution is -2.40. The molecular weight excluding hydrogens is 315 g/mol. The number of nitrogens with one attached hydrogen (secondary N) is 1. The molecule has 1 aromatic carbocycles. The molecule has 2 heterocycles. The van der Waals surface area contributed by atoms with Crippen LogP contribution in [0.2, 0.25) is 10.0 Å². The van der Waals surface area contributed by atoms with Crippen molar-refractivity contribution in [1.82, 2.24) is 10.2 Å². The van der Waals surface area contributed by atoms with Crippen molar-refractivity contribution in [2.75, 3.05) is 13.1 Å². The average Bonchev–Trinajstić information content (AvgIpc) is 3.00. The molecule has 5 nitrogen and oxygen atoms in total. The van der Waals surface area contributed by atoms with Crippen LogP contribution >= 0.6 is 23.2 Å². The fourth-order valence-corrected chi connectivity index (χ4v) is 3.00.